The average Bonchev–Trinajstić information content (AvgIpc) is 2.86. The molecule has 2 amide bonds. The van der Waals surface area contributed by atoms with Crippen LogP contribution in [0.3, 0.4) is 0 Å². The highest BCUT2D eigenvalue weighted by Gasteiger charge is 2.23. The van der Waals surface area contributed by atoms with Crippen LogP contribution in [0.25, 0.3) is 0 Å². The normalized spacial score (nSPS) is 13.4. The average molecular weight is 514 g/mol. The predicted molar refractivity (Wildman–Crippen MR) is 138 cm³/mol. The van der Waals surface area contributed by atoms with Crippen molar-refractivity contribution in [1.29, 1.82) is 0 Å². The Bertz CT molecular complexity index is 1260. The summed E-state index contributed by atoms with van der Waals surface area (Å²) < 4.78 is 17.4. The van der Waals surface area contributed by atoms with Gasteiger partial charge in [0.1, 0.15) is 5.69 Å². The molecule has 1 aliphatic rings. The lowest BCUT2D eigenvalue weighted by Crippen LogP contribution is -2.36. The molecule has 1 aromatic carbocycles. The summed E-state index contributed by atoms with van der Waals surface area (Å²) in [5, 5.41) is 14.6. The van der Waals surface area contributed by atoms with Gasteiger partial charge in [-0.05, 0) is 35.4 Å². The van der Waals surface area contributed by atoms with Crippen LogP contribution in [0.2, 0.25) is 0 Å². The second-order valence-corrected chi connectivity index (χ2v) is 8.30. The summed E-state index contributed by atoms with van der Waals surface area (Å²) in [5.41, 5.74) is 0.874. The molecule has 0 radical (unpaired) electrons. The lowest BCUT2D eigenvalue weighted by molar-refractivity contribution is -0.137. The number of hydrogen-bond acceptors (Lipinski definition) is 7. The zero-order valence-electron chi connectivity index (χ0n) is 20.1. The molecule has 190 valence electrons. The molecule has 3 N–H and O–H groups in total. The molecule has 1 atom stereocenters. The molecule has 0 saturated carbocycles. The Kier molecular flexibility index (Phi) is 8.85. The number of allylic oxidation sites excluding steroid dienone is 4. The SMILES string of the molecule is COc1cc([C@H](CC(=O)O)NC(=O)Nc2cccn(CC3=CC=CCC3=S)c2=O)cc(OC)c1OC. The standard InChI is InChI=1S/C25H27N3O7S/c1-33-19-11-16(12-20(34-2)23(19)35-3)18(13-22(29)30)27-25(32)26-17-8-6-10-28(24(17)31)14-15-7-4-5-9-21(15)36/h4-8,10-12,18H,9,13-14H2,1-3H3,(H,29,30)(H2,26,27,32)/t18-/m0/s1. The third-order valence-electron chi connectivity index (χ3n) is 5.48. The Morgan fingerprint density at radius 3 is 2.44 bits per heavy atom. The fourth-order valence-electron chi connectivity index (χ4n) is 3.71. The number of methoxy groups -OCH3 is 3. The van der Waals surface area contributed by atoms with Crippen LogP contribution in [0.15, 0.2) is 59.1 Å². The van der Waals surface area contributed by atoms with Gasteiger partial charge in [-0.3, -0.25) is 9.59 Å². The van der Waals surface area contributed by atoms with E-state index in [0.29, 0.717) is 29.2 Å². The Labute approximate surface area is 213 Å². The number of nitrogens with zero attached hydrogens (tertiary/aromatic N) is 1. The Balaban J connectivity index is 1.83. The van der Waals surface area contributed by atoms with E-state index < -0.39 is 30.0 Å². The minimum atomic E-state index is -1.14. The van der Waals surface area contributed by atoms with Crippen molar-refractivity contribution in [1.82, 2.24) is 9.88 Å². The molecular weight excluding hydrogens is 486 g/mol. The van der Waals surface area contributed by atoms with E-state index in [9.17, 15) is 19.5 Å². The molecular formula is C25H27N3O7S. The first kappa shape index (κ1) is 26.5. The van der Waals surface area contributed by atoms with Crippen LogP contribution < -0.4 is 30.4 Å². The minimum absolute atomic E-state index is 0.0341. The van der Waals surface area contributed by atoms with Gasteiger partial charge < -0.3 is 34.5 Å². The summed E-state index contributed by atoms with van der Waals surface area (Å²) in [6.07, 6.45) is 7.51. The van der Waals surface area contributed by atoms with E-state index in [4.69, 9.17) is 26.4 Å². The summed E-state index contributed by atoms with van der Waals surface area (Å²) in [4.78, 5) is 38.1. The van der Waals surface area contributed by atoms with Gasteiger partial charge in [-0.2, -0.15) is 0 Å². The number of amides is 2. The Morgan fingerprint density at radius 2 is 1.86 bits per heavy atom. The van der Waals surface area contributed by atoms with Crippen LogP contribution >= 0.6 is 12.2 Å². The third-order valence-corrected chi connectivity index (χ3v) is 5.91. The van der Waals surface area contributed by atoms with Gasteiger partial charge in [0.15, 0.2) is 11.5 Å². The third kappa shape index (κ3) is 6.30. The molecule has 1 heterocycles. The summed E-state index contributed by atoms with van der Waals surface area (Å²) in [6.45, 7) is 0.270. The van der Waals surface area contributed by atoms with Crippen LogP contribution in [0.5, 0.6) is 17.2 Å². The van der Waals surface area contributed by atoms with Crippen molar-refractivity contribution in [3.63, 3.8) is 0 Å². The Morgan fingerprint density at radius 1 is 1.17 bits per heavy atom. The van der Waals surface area contributed by atoms with Crippen molar-refractivity contribution >= 4 is 34.8 Å². The molecule has 0 fully saturated rings. The van der Waals surface area contributed by atoms with Gasteiger partial charge in [-0.25, -0.2) is 4.79 Å². The van der Waals surface area contributed by atoms with Gasteiger partial charge in [-0.15, -0.1) is 0 Å². The van der Waals surface area contributed by atoms with Gasteiger partial charge in [0, 0.05) is 17.5 Å². The molecule has 0 spiro atoms. The van der Waals surface area contributed by atoms with E-state index in [1.54, 1.807) is 24.4 Å². The number of ether oxygens (including phenoxy) is 3. The van der Waals surface area contributed by atoms with Crippen molar-refractivity contribution in [2.24, 2.45) is 0 Å². The number of benzene rings is 1. The van der Waals surface area contributed by atoms with Crippen LogP contribution in [0, 0.1) is 0 Å². The molecule has 0 bridgehead atoms. The van der Waals surface area contributed by atoms with Gasteiger partial charge >= 0.3 is 12.0 Å². The highest BCUT2D eigenvalue weighted by molar-refractivity contribution is 7.80. The van der Waals surface area contributed by atoms with Crippen LogP contribution in [-0.2, 0) is 11.3 Å². The number of carbonyl (C=O) groups excluding carboxylic acids is 1. The van der Waals surface area contributed by atoms with Crippen LogP contribution in [-0.4, -0.2) is 47.9 Å². The number of urea groups is 1. The first-order chi connectivity index (χ1) is 17.3. The topological polar surface area (TPSA) is 128 Å². The van der Waals surface area contributed by atoms with Crippen LogP contribution in [0.1, 0.15) is 24.4 Å². The number of pyridine rings is 1. The largest absolute Gasteiger partial charge is 0.493 e. The number of nitrogens with one attached hydrogen (secondary N) is 2. The highest BCUT2D eigenvalue weighted by Crippen LogP contribution is 2.40. The van der Waals surface area contributed by atoms with Crippen molar-refractivity contribution < 1.29 is 28.9 Å². The van der Waals surface area contributed by atoms with Gasteiger partial charge in [-0.1, -0.05) is 30.4 Å². The maximum atomic E-state index is 12.9. The summed E-state index contributed by atoms with van der Waals surface area (Å²) in [7, 11) is 4.31. The van der Waals surface area contributed by atoms with E-state index in [1.807, 2.05) is 18.2 Å². The molecule has 2 aromatic rings. The fraction of sp³-hybridized carbons (Fsp3) is 0.280. The highest BCUT2D eigenvalue weighted by atomic mass is 32.1. The zero-order chi connectivity index (χ0) is 26.2. The number of thiocarbonyl (C=S) groups is 1. The first-order valence-corrected chi connectivity index (χ1v) is 11.4. The van der Waals surface area contributed by atoms with E-state index in [-0.39, 0.29) is 12.2 Å². The van der Waals surface area contributed by atoms with E-state index >= 15 is 0 Å². The number of aliphatic carboxylic acids is 1. The molecule has 10 nitrogen and oxygen atoms in total. The Hall–Kier alpha value is -4.12. The number of carbonyl (C=O) groups is 2. The van der Waals surface area contributed by atoms with E-state index in [2.05, 4.69) is 10.6 Å². The van der Waals surface area contributed by atoms with E-state index in [0.717, 1.165) is 10.4 Å². The maximum absolute atomic E-state index is 12.9. The van der Waals surface area contributed by atoms with Gasteiger partial charge in [0.2, 0.25) is 5.75 Å². The smallest absolute Gasteiger partial charge is 0.319 e. The monoisotopic (exact) mass is 513 g/mol. The molecule has 1 aliphatic carbocycles. The second-order valence-electron chi connectivity index (χ2n) is 7.81. The molecule has 3 rings (SSSR count). The molecule has 1 aromatic heterocycles. The summed E-state index contributed by atoms with van der Waals surface area (Å²) >= 11 is 5.36. The summed E-state index contributed by atoms with van der Waals surface area (Å²) in [5.74, 6) is -0.197. The number of anilines is 1. The van der Waals surface area contributed by atoms with Crippen molar-refractivity contribution in [2.75, 3.05) is 26.6 Å². The van der Waals surface area contributed by atoms with Crippen molar-refractivity contribution in [3.8, 4) is 17.2 Å². The van der Waals surface area contributed by atoms with Gasteiger partial charge in [0.05, 0.1) is 40.3 Å². The lowest BCUT2D eigenvalue weighted by atomic mass is 10.0. The molecule has 0 saturated heterocycles. The van der Waals surface area contributed by atoms with Crippen molar-refractivity contribution in [2.45, 2.75) is 25.4 Å². The van der Waals surface area contributed by atoms with Gasteiger partial charge in [0.25, 0.3) is 5.56 Å². The minimum Gasteiger partial charge on any atom is -0.493 e. The zero-order valence-corrected chi connectivity index (χ0v) is 20.9. The number of carboxylic acid groups (broad SMARTS) is 1. The number of rotatable bonds is 10. The molecule has 0 aliphatic heterocycles. The molecule has 36 heavy (non-hydrogen) atoms. The summed E-state index contributed by atoms with van der Waals surface area (Å²) in [6, 6.07) is 4.50. The van der Waals surface area contributed by atoms with Crippen molar-refractivity contribution in [3.05, 3.63) is 70.2 Å². The molecule has 0 unspecified atom stereocenters. The van der Waals surface area contributed by atoms with E-state index in [1.165, 1.54) is 32.0 Å². The fourth-order valence-corrected chi connectivity index (χ4v) is 3.94. The number of hydrogen-bond donors (Lipinski definition) is 3. The maximum Gasteiger partial charge on any atom is 0.319 e. The molecule has 11 heteroatoms. The number of carboxylic acids is 1. The van der Waals surface area contributed by atoms with Crippen LogP contribution in [0.4, 0.5) is 10.5 Å². The lowest BCUT2D eigenvalue weighted by Gasteiger charge is -2.21. The quantitative estimate of drug-likeness (QED) is 0.412. The first-order valence-electron chi connectivity index (χ1n) is 10.9. The second kappa shape index (κ2) is 12.0. The predicted octanol–water partition coefficient (Wildman–Crippen LogP) is 3.47. The number of aromatic nitrogens is 1.